The van der Waals surface area contributed by atoms with Crippen LogP contribution in [0.2, 0.25) is 0 Å². The van der Waals surface area contributed by atoms with E-state index in [1.807, 2.05) is 19.1 Å². The monoisotopic (exact) mass is 348 g/mol. The molecule has 1 aliphatic rings. The molecular weight excluding hydrogens is 319 g/mol. The van der Waals surface area contributed by atoms with Crippen LogP contribution in [0.25, 0.3) is 0 Å². The van der Waals surface area contributed by atoms with E-state index in [4.69, 9.17) is 0 Å². The molecule has 1 aromatic rings. The molecule has 0 bridgehead atoms. The Morgan fingerprint density at radius 1 is 1.12 bits per heavy atom. The van der Waals surface area contributed by atoms with Gasteiger partial charge in [0.15, 0.2) is 0 Å². The average Bonchev–Trinajstić information content (AvgIpc) is 2.65. The first-order chi connectivity index (χ1) is 12.1. The third-order valence-electron chi connectivity index (χ3n) is 5.22. The van der Waals surface area contributed by atoms with E-state index in [0.29, 0.717) is 49.5 Å². The molecule has 0 atom stereocenters. The number of hydrogen-bond donors (Lipinski definition) is 0. The van der Waals surface area contributed by atoms with Crippen molar-refractivity contribution in [1.82, 2.24) is 10.2 Å². The summed E-state index contributed by atoms with van der Waals surface area (Å²) in [5.74, 6) is 1.29. The Bertz CT molecular complexity index is 551. The Morgan fingerprint density at radius 3 is 2.40 bits per heavy atom. The number of aromatic nitrogens is 2. The molecule has 1 aliphatic carbocycles. The number of hydrogen-bond acceptors (Lipinski definition) is 4. The minimum absolute atomic E-state index is 0.117. The lowest BCUT2D eigenvalue weighted by atomic mass is 9.77. The molecule has 25 heavy (non-hydrogen) atoms. The summed E-state index contributed by atoms with van der Waals surface area (Å²) in [5.41, 5.74) is 1.47. The smallest absolute Gasteiger partial charge is 0.141 e. The van der Waals surface area contributed by atoms with Crippen molar-refractivity contribution < 1.29 is 14.0 Å². The Labute approximate surface area is 149 Å². The molecule has 138 valence electrons. The number of carbonyl (C=O) groups excluding carboxylic acids is 2. The lowest BCUT2D eigenvalue weighted by Gasteiger charge is -2.27. The van der Waals surface area contributed by atoms with Crippen LogP contribution in [0.15, 0.2) is 12.1 Å². The summed E-state index contributed by atoms with van der Waals surface area (Å²) in [7, 11) is 0. The summed E-state index contributed by atoms with van der Waals surface area (Å²) in [5, 5.41) is 8.18. The highest BCUT2D eigenvalue weighted by atomic mass is 19.1. The van der Waals surface area contributed by atoms with E-state index in [1.54, 1.807) is 0 Å². The summed E-state index contributed by atoms with van der Waals surface area (Å²) in [6.07, 6.45) is 7.59. The van der Waals surface area contributed by atoms with Crippen molar-refractivity contribution in [3.63, 3.8) is 0 Å². The van der Waals surface area contributed by atoms with Crippen molar-refractivity contribution in [2.75, 3.05) is 6.67 Å². The lowest BCUT2D eigenvalue weighted by Crippen LogP contribution is -2.24. The zero-order chi connectivity index (χ0) is 18.1. The van der Waals surface area contributed by atoms with Gasteiger partial charge in [0, 0.05) is 18.8 Å². The van der Waals surface area contributed by atoms with Gasteiger partial charge in [-0.05, 0) is 63.0 Å². The number of alkyl halides is 1. The van der Waals surface area contributed by atoms with Crippen LogP contribution in [0.1, 0.15) is 69.7 Å². The minimum atomic E-state index is -0.350. The molecule has 1 saturated carbocycles. The van der Waals surface area contributed by atoms with Crippen molar-refractivity contribution in [2.24, 2.45) is 11.8 Å². The van der Waals surface area contributed by atoms with E-state index in [-0.39, 0.29) is 18.4 Å². The van der Waals surface area contributed by atoms with Gasteiger partial charge in [-0.25, -0.2) is 0 Å². The lowest BCUT2D eigenvalue weighted by molar-refractivity contribution is -0.124. The van der Waals surface area contributed by atoms with Gasteiger partial charge < -0.3 is 0 Å². The first-order valence-electron chi connectivity index (χ1n) is 9.54. The molecule has 0 N–H and O–H groups in total. The maximum atomic E-state index is 12.5. The topological polar surface area (TPSA) is 59.9 Å². The molecule has 1 aromatic heterocycles. The number of halogens is 1. The predicted molar refractivity (Wildman–Crippen MR) is 95.0 cm³/mol. The van der Waals surface area contributed by atoms with Gasteiger partial charge in [-0.3, -0.25) is 14.0 Å². The Hall–Kier alpha value is -1.65. The van der Waals surface area contributed by atoms with Crippen LogP contribution in [0.4, 0.5) is 4.39 Å². The zero-order valence-corrected chi connectivity index (χ0v) is 15.2. The third-order valence-corrected chi connectivity index (χ3v) is 5.22. The predicted octanol–water partition coefficient (Wildman–Crippen LogP) is 4.06. The fraction of sp³-hybridized carbons (Fsp3) is 0.700. The molecule has 4 nitrogen and oxygen atoms in total. The van der Waals surface area contributed by atoms with Crippen LogP contribution in [0.5, 0.6) is 0 Å². The number of Topliss-reactive ketones (excluding diaryl/α,β-unsaturated/α-hetero) is 2. The second-order valence-electron chi connectivity index (χ2n) is 7.10. The highest BCUT2D eigenvalue weighted by Crippen LogP contribution is 2.32. The number of carbonyl (C=O) groups is 2. The standard InChI is InChI=1S/C20H29FN2O2/c1-2-19(24)12-7-15-5-8-16(9-6-15)20(25)14-18-11-10-17(22-23-18)4-3-13-21/h10-11,15-16H,2-9,12-14H2,1H3/t15-,16-. The number of nitrogens with zero attached hydrogens (tertiary/aromatic N) is 2. The molecule has 0 aliphatic heterocycles. The van der Waals surface area contributed by atoms with E-state index in [9.17, 15) is 14.0 Å². The van der Waals surface area contributed by atoms with Crippen LogP contribution in [-0.2, 0) is 22.4 Å². The van der Waals surface area contributed by atoms with Crippen molar-refractivity contribution in [3.05, 3.63) is 23.5 Å². The maximum Gasteiger partial charge on any atom is 0.141 e. The van der Waals surface area contributed by atoms with Gasteiger partial charge >= 0.3 is 0 Å². The van der Waals surface area contributed by atoms with Crippen molar-refractivity contribution in [2.45, 2.75) is 71.1 Å². The van der Waals surface area contributed by atoms with Crippen molar-refractivity contribution in [3.8, 4) is 0 Å². The first-order valence-corrected chi connectivity index (χ1v) is 9.54. The SMILES string of the molecule is CCC(=O)CC[C@H]1CC[C@H](C(=O)Cc2ccc(CCCF)nn2)CC1. The number of rotatable bonds is 10. The maximum absolute atomic E-state index is 12.5. The second kappa shape index (κ2) is 10.4. The van der Waals surface area contributed by atoms with Crippen LogP contribution in [0, 0.1) is 11.8 Å². The Kier molecular flexibility index (Phi) is 8.16. The molecule has 0 amide bonds. The van der Waals surface area contributed by atoms with Crippen LogP contribution < -0.4 is 0 Å². The van der Waals surface area contributed by atoms with Crippen molar-refractivity contribution in [1.29, 1.82) is 0 Å². The molecule has 1 heterocycles. The second-order valence-corrected chi connectivity index (χ2v) is 7.10. The minimum Gasteiger partial charge on any atom is -0.300 e. The molecule has 1 fully saturated rings. The third kappa shape index (κ3) is 6.63. The van der Waals surface area contributed by atoms with E-state index in [2.05, 4.69) is 10.2 Å². The number of aryl methyl sites for hydroxylation is 1. The molecule has 0 unspecified atom stereocenters. The van der Waals surface area contributed by atoms with Crippen LogP contribution >= 0.6 is 0 Å². The fourth-order valence-corrected chi connectivity index (χ4v) is 3.50. The van der Waals surface area contributed by atoms with Crippen LogP contribution in [-0.4, -0.2) is 28.4 Å². The fourth-order valence-electron chi connectivity index (χ4n) is 3.50. The van der Waals surface area contributed by atoms with Crippen molar-refractivity contribution >= 4 is 11.6 Å². The van der Waals surface area contributed by atoms with E-state index >= 15 is 0 Å². The van der Waals surface area contributed by atoms with Gasteiger partial charge in [0.05, 0.1) is 24.5 Å². The molecule has 0 saturated heterocycles. The Balaban J connectivity index is 1.74. The van der Waals surface area contributed by atoms with Gasteiger partial charge in [-0.2, -0.15) is 10.2 Å². The van der Waals surface area contributed by atoms with E-state index in [1.165, 1.54) is 0 Å². The molecule has 5 heteroatoms. The molecule has 0 radical (unpaired) electrons. The van der Waals surface area contributed by atoms with Gasteiger partial charge in [-0.1, -0.05) is 6.92 Å². The largest absolute Gasteiger partial charge is 0.300 e. The summed E-state index contributed by atoms with van der Waals surface area (Å²) >= 11 is 0. The van der Waals surface area contributed by atoms with E-state index in [0.717, 1.165) is 37.8 Å². The highest BCUT2D eigenvalue weighted by molar-refractivity contribution is 5.83. The molecule has 2 rings (SSSR count). The highest BCUT2D eigenvalue weighted by Gasteiger charge is 2.26. The van der Waals surface area contributed by atoms with Gasteiger partial charge in [0.2, 0.25) is 0 Å². The van der Waals surface area contributed by atoms with Crippen LogP contribution in [0.3, 0.4) is 0 Å². The van der Waals surface area contributed by atoms with Gasteiger partial charge in [0.25, 0.3) is 0 Å². The summed E-state index contributed by atoms with van der Waals surface area (Å²) in [6, 6.07) is 3.67. The van der Waals surface area contributed by atoms with Gasteiger partial charge in [0.1, 0.15) is 11.6 Å². The first kappa shape index (κ1) is 19.7. The molecular formula is C20H29FN2O2. The average molecular weight is 348 g/mol. The zero-order valence-electron chi connectivity index (χ0n) is 15.2. The summed E-state index contributed by atoms with van der Waals surface area (Å²) in [6.45, 7) is 1.56. The summed E-state index contributed by atoms with van der Waals surface area (Å²) < 4.78 is 12.2. The Morgan fingerprint density at radius 2 is 1.80 bits per heavy atom. The molecule has 0 aromatic carbocycles. The quantitative estimate of drug-likeness (QED) is 0.640. The number of ketones is 2. The normalized spacial score (nSPS) is 20.4. The molecule has 0 spiro atoms. The van der Waals surface area contributed by atoms with E-state index < -0.39 is 0 Å². The van der Waals surface area contributed by atoms with Gasteiger partial charge in [-0.15, -0.1) is 0 Å². The summed E-state index contributed by atoms with van der Waals surface area (Å²) in [4.78, 5) is 23.9.